The number of carbonyl (C=O) groups is 2. The van der Waals surface area contributed by atoms with Crippen LogP contribution in [-0.4, -0.2) is 56.0 Å². The summed E-state index contributed by atoms with van der Waals surface area (Å²) in [6.45, 7) is 3.09. The van der Waals surface area contributed by atoms with Crippen molar-refractivity contribution in [2.75, 3.05) is 25.4 Å². The van der Waals surface area contributed by atoms with Gasteiger partial charge in [0.05, 0.1) is 12.3 Å². The average molecular weight is 303 g/mol. The van der Waals surface area contributed by atoms with E-state index in [1.807, 2.05) is 0 Å². The summed E-state index contributed by atoms with van der Waals surface area (Å²) in [5.41, 5.74) is 0. The van der Waals surface area contributed by atoms with Gasteiger partial charge >= 0.3 is 0 Å². The molecule has 1 atom stereocenters. The lowest BCUT2D eigenvalue weighted by atomic mass is 9.96. The SMILES string of the molecule is CC1C(=O)NC(=O)CN1S(=O)(=O)CCC1CCNCC1. The molecule has 2 rings (SSSR count). The third-order valence-corrected chi connectivity index (χ3v) is 5.89. The van der Waals surface area contributed by atoms with E-state index in [0.717, 1.165) is 30.2 Å². The van der Waals surface area contributed by atoms with Crippen LogP contribution in [0.2, 0.25) is 0 Å². The molecule has 2 N–H and O–H groups in total. The van der Waals surface area contributed by atoms with Gasteiger partial charge in [0.1, 0.15) is 6.04 Å². The lowest BCUT2D eigenvalue weighted by Gasteiger charge is -2.31. The monoisotopic (exact) mass is 303 g/mol. The number of amides is 2. The molecule has 114 valence electrons. The molecule has 8 heteroatoms. The van der Waals surface area contributed by atoms with Gasteiger partial charge in [-0.05, 0) is 45.2 Å². The Morgan fingerprint density at radius 1 is 1.25 bits per heavy atom. The van der Waals surface area contributed by atoms with E-state index >= 15 is 0 Å². The Morgan fingerprint density at radius 2 is 1.90 bits per heavy atom. The fourth-order valence-corrected chi connectivity index (χ4v) is 4.39. The fourth-order valence-electron chi connectivity index (χ4n) is 2.63. The van der Waals surface area contributed by atoms with Crippen molar-refractivity contribution in [3.63, 3.8) is 0 Å². The zero-order valence-electron chi connectivity index (χ0n) is 11.6. The molecule has 1 unspecified atom stereocenters. The molecule has 2 aliphatic rings. The van der Waals surface area contributed by atoms with Crippen molar-refractivity contribution < 1.29 is 18.0 Å². The Balaban J connectivity index is 1.97. The first-order chi connectivity index (χ1) is 9.40. The fraction of sp³-hybridized carbons (Fsp3) is 0.833. The Hall–Kier alpha value is -0.990. The number of nitrogens with zero attached hydrogens (tertiary/aromatic N) is 1. The van der Waals surface area contributed by atoms with Crippen molar-refractivity contribution in [2.24, 2.45) is 5.92 Å². The maximum atomic E-state index is 12.3. The number of hydrogen-bond donors (Lipinski definition) is 2. The topological polar surface area (TPSA) is 95.6 Å². The van der Waals surface area contributed by atoms with Crippen LogP contribution in [0.1, 0.15) is 26.2 Å². The Bertz CT molecular complexity index is 485. The molecule has 0 saturated carbocycles. The van der Waals surface area contributed by atoms with Crippen molar-refractivity contribution >= 4 is 21.8 Å². The maximum Gasteiger partial charge on any atom is 0.244 e. The zero-order valence-corrected chi connectivity index (χ0v) is 12.4. The van der Waals surface area contributed by atoms with Crippen LogP contribution in [0.5, 0.6) is 0 Å². The Morgan fingerprint density at radius 3 is 2.55 bits per heavy atom. The molecule has 20 heavy (non-hydrogen) atoms. The molecule has 0 aromatic heterocycles. The van der Waals surface area contributed by atoms with Crippen LogP contribution in [0.4, 0.5) is 0 Å². The minimum absolute atomic E-state index is 0.00255. The number of rotatable bonds is 4. The van der Waals surface area contributed by atoms with Crippen molar-refractivity contribution in [2.45, 2.75) is 32.2 Å². The quantitative estimate of drug-likeness (QED) is 0.653. The molecule has 0 aliphatic carbocycles. The molecule has 2 fully saturated rings. The normalized spacial score (nSPS) is 26.6. The summed E-state index contributed by atoms with van der Waals surface area (Å²) in [5.74, 6) is -0.705. The number of imide groups is 1. The van der Waals surface area contributed by atoms with Crippen molar-refractivity contribution in [1.29, 1.82) is 0 Å². The largest absolute Gasteiger partial charge is 0.317 e. The van der Waals surface area contributed by atoms with Gasteiger partial charge in [0.2, 0.25) is 21.8 Å². The van der Waals surface area contributed by atoms with E-state index in [-0.39, 0.29) is 12.3 Å². The highest BCUT2D eigenvalue weighted by Gasteiger charge is 2.38. The molecule has 2 amide bonds. The van der Waals surface area contributed by atoms with Gasteiger partial charge in [-0.2, -0.15) is 4.31 Å². The van der Waals surface area contributed by atoms with Crippen molar-refractivity contribution in [1.82, 2.24) is 14.9 Å². The van der Waals surface area contributed by atoms with E-state index in [1.54, 1.807) is 0 Å². The summed E-state index contributed by atoms with van der Waals surface area (Å²) in [6, 6.07) is -0.814. The van der Waals surface area contributed by atoms with Crippen LogP contribution < -0.4 is 10.6 Å². The van der Waals surface area contributed by atoms with Crippen LogP contribution >= 0.6 is 0 Å². The molecule has 0 aromatic rings. The van der Waals surface area contributed by atoms with E-state index in [2.05, 4.69) is 10.6 Å². The van der Waals surface area contributed by atoms with E-state index in [1.165, 1.54) is 6.92 Å². The molecule has 0 aromatic carbocycles. The van der Waals surface area contributed by atoms with Gasteiger partial charge in [-0.25, -0.2) is 8.42 Å². The third-order valence-electron chi connectivity index (χ3n) is 3.97. The second-order valence-corrected chi connectivity index (χ2v) is 7.47. The maximum absolute atomic E-state index is 12.3. The molecule has 2 heterocycles. The standard InChI is InChI=1S/C12H21N3O4S/c1-9-12(17)14-11(16)8-15(9)20(18,19)7-4-10-2-5-13-6-3-10/h9-10,13H,2-8H2,1H3,(H,14,16,17). The first kappa shape index (κ1) is 15.4. The molecule has 2 saturated heterocycles. The number of nitrogens with one attached hydrogen (secondary N) is 2. The number of piperidine rings is 1. The first-order valence-corrected chi connectivity index (χ1v) is 8.55. The second kappa shape index (κ2) is 6.19. The van der Waals surface area contributed by atoms with E-state index in [4.69, 9.17) is 0 Å². The summed E-state index contributed by atoms with van der Waals surface area (Å²) in [4.78, 5) is 22.9. The first-order valence-electron chi connectivity index (χ1n) is 6.94. The molecule has 0 spiro atoms. The predicted octanol–water partition coefficient (Wildman–Crippen LogP) is -0.947. The summed E-state index contributed by atoms with van der Waals surface area (Å²) >= 11 is 0. The van der Waals surface area contributed by atoms with Crippen molar-refractivity contribution in [3.8, 4) is 0 Å². The minimum Gasteiger partial charge on any atom is -0.317 e. The number of carbonyl (C=O) groups excluding carboxylic acids is 2. The van der Waals surface area contributed by atoms with Crippen LogP contribution in [-0.2, 0) is 19.6 Å². The molecular weight excluding hydrogens is 282 g/mol. The second-order valence-electron chi connectivity index (χ2n) is 5.43. The lowest BCUT2D eigenvalue weighted by molar-refractivity contribution is -0.136. The van der Waals surface area contributed by atoms with Gasteiger partial charge in [-0.1, -0.05) is 0 Å². The number of piperazine rings is 1. The van der Waals surface area contributed by atoms with Crippen molar-refractivity contribution in [3.05, 3.63) is 0 Å². The summed E-state index contributed by atoms with van der Waals surface area (Å²) in [5, 5.41) is 5.38. The van der Waals surface area contributed by atoms with Crippen LogP contribution in [0, 0.1) is 5.92 Å². The highest BCUT2D eigenvalue weighted by molar-refractivity contribution is 7.89. The molecule has 2 aliphatic heterocycles. The number of hydrogen-bond acceptors (Lipinski definition) is 5. The van der Waals surface area contributed by atoms with Crippen LogP contribution in [0.25, 0.3) is 0 Å². The number of sulfonamides is 1. The summed E-state index contributed by atoms with van der Waals surface area (Å²) in [6.07, 6.45) is 2.54. The van der Waals surface area contributed by atoms with Crippen LogP contribution in [0.15, 0.2) is 0 Å². The smallest absolute Gasteiger partial charge is 0.244 e. The van der Waals surface area contributed by atoms with E-state index < -0.39 is 27.9 Å². The van der Waals surface area contributed by atoms with Gasteiger partial charge in [-0.3, -0.25) is 14.9 Å². The molecule has 0 radical (unpaired) electrons. The van der Waals surface area contributed by atoms with Gasteiger partial charge < -0.3 is 5.32 Å². The predicted molar refractivity (Wildman–Crippen MR) is 73.3 cm³/mol. The molecule has 7 nitrogen and oxygen atoms in total. The Kier molecular flexibility index (Phi) is 4.77. The highest BCUT2D eigenvalue weighted by atomic mass is 32.2. The minimum atomic E-state index is -3.57. The lowest BCUT2D eigenvalue weighted by Crippen LogP contribution is -2.58. The molecule has 0 bridgehead atoms. The third kappa shape index (κ3) is 3.56. The van der Waals surface area contributed by atoms with E-state index in [0.29, 0.717) is 12.3 Å². The zero-order chi connectivity index (χ0) is 14.8. The van der Waals surface area contributed by atoms with Gasteiger partial charge in [0, 0.05) is 0 Å². The highest BCUT2D eigenvalue weighted by Crippen LogP contribution is 2.19. The molecular formula is C12H21N3O4S. The van der Waals surface area contributed by atoms with Crippen LogP contribution in [0.3, 0.4) is 0 Å². The van der Waals surface area contributed by atoms with E-state index in [9.17, 15) is 18.0 Å². The van der Waals surface area contributed by atoms with Gasteiger partial charge in [0.25, 0.3) is 0 Å². The summed E-state index contributed by atoms with van der Waals surface area (Å²) in [7, 11) is -3.57. The summed E-state index contributed by atoms with van der Waals surface area (Å²) < 4.78 is 25.6. The van der Waals surface area contributed by atoms with Gasteiger partial charge in [-0.15, -0.1) is 0 Å². The average Bonchev–Trinajstić information content (AvgIpc) is 2.42. The Labute approximate surface area is 119 Å². The van der Waals surface area contributed by atoms with Gasteiger partial charge in [0.15, 0.2) is 0 Å².